The SMILES string of the molecule is CC(=O)c1oc2c(Cl)cc(Cl)c(Cl)c2c1C. The van der Waals surface area contributed by atoms with E-state index in [2.05, 4.69) is 0 Å². The fourth-order valence-electron chi connectivity index (χ4n) is 1.64. The average Bonchev–Trinajstić information content (AvgIpc) is 2.53. The normalized spacial score (nSPS) is 11.1. The number of rotatable bonds is 1. The number of halogens is 3. The minimum Gasteiger partial charge on any atom is -0.451 e. The van der Waals surface area contributed by atoms with Gasteiger partial charge in [-0.25, -0.2) is 0 Å². The largest absolute Gasteiger partial charge is 0.451 e. The van der Waals surface area contributed by atoms with Crippen molar-refractivity contribution in [2.45, 2.75) is 13.8 Å². The molecular weight excluding hydrogens is 270 g/mol. The lowest BCUT2D eigenvalue weighted by Crippen LogP contribution is -1.90. The number of fused-ring (bicyclic) bond motifs is 1. The molecule has 0 radical (unpaired) electrons. The Balaban J connectivity index is 2.97. The van der Waals surface area contributed by atoms with Crippen LogP contribution in [0.5, 0.6) is 0 Å². The molecular formula is C11H7Cl3O2. The molecule has 0 saturated carbocycles. The number of hydrogen-bond acceptors (Lipinski definition) is 2. The standard InChI is InChI=1S/C11H7Cl3O2/c1-4-8-9(14)6(12)3-7(13)11(8)16-10(4)5(2)15/h3H,1-2H3. The highest BCUT2D eigenvalue weighted by Gasteiger charge is 2.20. The Bertz CT molecular complexity index is 599. The molecule has 2 nitrogen and oxygen atoms in total. The van der Waals surface area contributed by atoms with Crippen LogP contribution in [0.3, 0.4) is 0 Å². The second-order valence-corrected chi connectivity index (χ2v) is 4.66. The molecule has 84 valence electrons. The molecule has 0 spiro atoms. The molecule has 1 aromatic carbocycles. The highest BCUT2D eigenvalue weighted by Crippen LogP contribution is 2.40. The predicted molar refractivity (Wildman–Crippen MR) is 66.0 cm³/mol. The maximum Gasteiger partial charge on any atom is 0.195 e. The molecule has 0 fully saturated rings. The summed E-state index contributed by atoms with van der Waals surface area (Å²) in [6.45, 7) is 3.18. The van der Waals surface area contributed by atoms with Gasteiger partial charge in [0.2, 0.25) is 0 Å². The Morgan fingerprint density at radius 2 is 1.88 bits per heavy atom. The Morgan fingerprint density at radius 1 is 1.25 bits per heavy atom. The number of benzene rings is 1. The molecule has 0 atom stereocenters. The molecule has 5 heteroatoms. The molecule has 0 aliphatic rings. The summed E-state index contributed by atoms with van der Waals surface area (Å²) in [6, 6.07) is 1.50. The van der Waals surface area contributed by atoms with E-state index in [1.807, 2.05) is 0 Å². The van der Waals surface area contributed by atoms with Gasteiger partial charge in [-0.1, -0.05) is 34.8 Å². The van der Waals surface area contributed by atoms with Crippen LogP contribution >= 0.6 is 34.8 Å². The quantitative estimate of drug-likeness (QED) is 0.548. The zero-order valence-corrected chi connectivity index (χ0v) is 10.8. The molecule has 16 heavy (non-hydrogen) atoms. The number of furan rings is 1. The molecule has 2 aromatic rings. The summed E-state index contributed by atoms with van der Waals surface area (Å²) in [5.74, 6) is 0.0954. The number of Topliss-reactive ketones (excluding diaryl/α,β-unsaturated/α-hetero) is 1. The van der Waals surface area contributed by atoms with E-state index < -0.39 is 0 Å². The van der Waals surface area contributed by atoms with Crippen LogP contribution in [-0.2, 0) is 0 Å². The lowest BCUT2D eigenvalue weighted by atomic mass is 10.1. The van der Waals surface area contributed by atoms with Crippen LogP contribution in [0.25, 0.3) is 11.0 Å². The predicted octanol–water partition coefficient (Wildman–Crippen LogP) is 4.90. The van der Waals surface area contributed by atoms with Gasteiger partial charge in [-0.15, -0.1) is 0 Å². The van der Waals surface area contributed by atoms with E-state index in [4.69, 9.17) is 39.2 Å². The van der Waals surface area contributed by atoms with E-state index in [1.54, 1.807) is 6.92 Å². The van der Waals surface area contributed by atoms with E-state index >= 15 is 0 Å². The molecule has 1 heterocycles. The van der Waals surface area contributed by atoms with Crippen molar-refractivity contribution in [3.05, 3.63) is 32.5 Å². The van der Waals surface area contributed by atoms with Gasteiger partial charge in [0.15, 0.2) is 17.1 Å². The number of ketones is 1. The molecule has 0 aliphatic heterocycles. The van der Waals surface area contributed by atoms with E-state index in [1.165, 1.54) is 13.0 Å². The summed E-state index contributed by atoms with van der Waals surface area (Å²) in [4.78, 5) is 11.3. The van der Waals surface area contributed by atoms with Crippen LogP contribution in [0.2, 0.25) is 15.1 Å². The second kappa shape index (κ2) is 3.95. The molecule has 0 N–H and O–H groups in total. The van der Waals surface area contributed by atoms with Crippen molar-refractivity contribution in [2.75, 3.05) is 0 Å². The Kier molecular flexibility index (Phi) is 2.91. The van der Waals surface area contributed by atoms with Gasteiger partial charge < -0.3 is 4.42 Å². The summed E-state index contributed by atoms with van der Waals surface area (Å²) in [7, 11) is 0. The molecule has 0 bridgehead atoms. The zero-order valence-electron chi connectivity index (χ0n) is 8.53. The maximum absolute atomic E-state index is 11.3. The van der Waals surface area contributed by atoms with Gasteiger partial charge in [-0.3, -0.25) is 4.79 Å². The van der Waals surface area contributed by atoms with Crippen LogP contribution < -0.4 is 0 Å². The Hall–Kier alpha value is -0.700. The monoisotopic (exact) mass is 276 g/mol. The van der Waals surface area contributed by atoms with Crippen molar-refractivity contribution in [1.29, 1.82) is 0 Å². The van der Waals surface area contributed by atoms with Gasteiger partial charge in [-0.05, 0) is 13.0 Å². The fraction of sp³-hybridized carbons (Fsp3) is 0.182. The van der Waals surface area contributed by atoms with Crippen molar-refractivity contribution < 1.29 is 9.21 Å². The molecule has 0 saturated heterocycles. The van der Waals surface area contributed by atoms with Crippen molar-refractivity contribution in [3.63, 3.8) is 0 Å². The van der Waals surface area contributed by atoms with E-state index in [0.29, 0.717) is 31.6 Å². The van der Waals surface area contributed by atoms with Gasteiger partial charge in [0.05, 0.1) is 15.1 Å². The van der Waals surface area contributed by atoms with Crippen molar-refractivity contribution in [1.82, 2.24) is 0 Å². The third-order valence-electron chi connectivity index (χ3n) is 2.37. The third kappa shape index (κ3) is 1.61. The Labute approximate surface area is 107 Å². The maximum atomic E-state index is 11.3. The Morgan fingerprint density at radius 3 is 2.44 bits per heavy atom. The smallest absolute Gasteiger partial charge is 0.195 e. The first kappa shape index (κ1) is 11.8. The minimum atomic E-state index is -0.169. The van der Waals surface area contributed by atoms with Gasteiger partial charge >= 0.3 is 0 Å². The molecule has 2 rings (SSSR count). The summed E-state index contributed by atoms with van der Waals surface area (Å²) >= 11 is 17.9. The van der Waals surface area contributed by atoms with Crippen LogP contribution in [0, 0.1) is 6.92 Å². The van der Waals surface area contributed by atoms with Crippen molar-refractivity contribution in [3.8, 4) is 0 Å². The summed E-state index contributed by atoms with van der Waals surface area (Å²) in [5.41, 5.74) is 1.07. The summed E-state index contributed by atoms with van der Waals surface area (Å²) < 4.78 is 5.40. The number of carbonyl (C=O) groups excluding carboxylic acids is 1. The zero-order chi connectivity index (χ0) is 12.0. The van der Waals surface area contributed by atoms with Crippen LogP contribution in [0.4, 0.5) is 0 Å². The topological polar surface area (TPSA) is 30.2 Å². The van der Waals surface area contributed by atoms with Gasteiger partial charge in [0.1, 0.15) is 0 Å². The lowest BCUT2D eigenvalue weighted by Gasteiger charge is -1.99. The van der Waals surface area contributed by atoms with Crippen LogP contribution in [0.1, 0.15) is 23.0 Å². The first-order chi connectivity index (χ1) is 7.43. The van der Waals surface area contributed by atoms with Gasteiger partial charge in [0, 0.05) is 17.9 Å². The van der Waals surface area contributed by atoms with Gasteiger partial charge in [0.25, 0.3) is 0 Å². The van der Waals surface area contributed by atoms with Crippen molar-refractivity contribution >= 4 is 51.6 Å². The van der Waals surface area contributed by atoms with Crippen molar-refractivity contribution in [2.24, 2.45) is 0 Å². The third-order valence-corrected chi connectivity index (χ3v) is 3.43. The van der Waals surface area contributed by atoms with Gasteiger partial charge in [-0.2, -0.15) is 0 Å². The first-order valence-corrected chi connectivity index (χ1v) is 5.64. The lowest BCUT2D eigenvalue weighted by molar-refractivity contribution is 0.0988. The first-order valence-electron chi connectivity index (χ1n) is 4.51. The highest BCUT2D eigenvalue weighted by atomic mass is 35.5. The number of hydrogen-bond donors (Lipinski definition) is 0. The molecule has 0 unspecified atom stereocenters. The van der Waals surface area contributed by atoms with Crippen LogP contribution in [-0.4, -0.2) is 5.78 Å². The van der Waals surface area contributed by atoms with E-state index in [9.17, 15) is 4.79 Å². The second-order valence-electron chi connectivity index (χ2n) is 3.47. The van der Waals surface area contributed by atoms with Crippen LogP contribution in [0.15, 0.2) is 10.5 Å². The molecule has 0 aliphatic carbocycles. The molecule has 1 aromatic heterocycles. The van der Waals surface area contributed by atoms with E-state index in [-0.39, 0.29) is 11.5 Å². The minimum absolute atomic E-state index is 0.169. The average molecular weight is 278 g/mol. The highest BCUT2D eigenvalue weighted by molar-refractivity contribution is 6.47. The summed E-state index contributed by atoms with van der Waals surface area (Å²) in [5, 5.41) is 1.65. The number of carbonyl (C=O) groups is 1. The fourth-order valence-corrected chi connectivity index (χ4v) is 2.43. The number of aryl methyl sites for hydroxylation is 1. The van der Waals surface area contributed by atoms with E-state index in [0.717, 1.165) is 0 Å². The summed E-state index contributed by atoms with van der Waals surface area (Å²) in [6.07, 6.45) is 0. The molecule has 0 amide bonds.